The van der Waals surface area contributed by atoms with E-state index in [-0.39, 0.29) is 0 Å². The minimum absolute atomic E-state index is 0.365. The Morgan fingerprint density at radius 1 is 0.741 bits per heavy atom. The Balaban J connectivity index is 1.62. The Bertz CT molecular complexity index is 875. The molecule has 0 aliphatic carbocycles. The lowest BCUT2D eigenvalue weighted by molar-refractivity contribution is 0.112. The summed E-state index contributed by atoms with van der Waals surface area (Å²) in [7, 11) is 0. The molecule has 3 aromatic rings. The lowest BCUT2D eigenvalue weighted by Gasteiger charge is -2.14. The molecular formula is C23H22O4. The van der Waals surface area contributed by atoms with Crippen LogP contribution in [0, 0.1) is 0 Å². The molecule has 0 heterocycles. The zero-order chi connectivity index (χ0) is 18.9. The van der Waals surface area contributed by atoms with Gasteiger partial charge in [-0.25, -0.2) is 0 Å². The van der Waals surface area contributed by atoms with Gasteiger partial charge in [0, 0.05) is 11.1 Å². The summed E-state index contributed by atoms with van der Waals surface area (Å²) in [5, 5.41) is 0. The highest BCUT2D eigenvalue weighted by Crippen LogP contribution is 2.30. The first-order valence-corrected chi connectivity index (χ1v) is 8.94. The third-order valence-electron chi connectivity index (χ3n) is 3.97. The molecule has 0 amide bonds. The van der Waals surface area contributed by atoms with Gasteiger partial charge in [0.15, 0.2) is 11.5 Å². The van der Waals surface area contributed by atoms with Crippen molar-refractivity contribution in [2.24, 2.45) is 0 Å². The van der Waals surface area contributed by atoms with Crippen molar-refractivity contribution in [1.82, 2.24) is 0 Å². The maximum atomic E-state index is 10.9. The van der Waals surface area contributed by atoms with Gasteiger partial charge in [0.2, 0.25) is 0 Å². The maximum absolute atomic E-state index is 10.9. The summed E-state index contributed by atoms with van der Waals surface area (Å²) in [6.07, 6.45) is 0.788. The average Bonchev–Trinajstić information content (AvgIpc) is 2.73. The highest BCUT2D eigenvalue weighted by Gasteiger charge is 2.08. The molecule has 138 valence electrons. The summed E-state index contributed by atoms with van der Waals surface area (Å²) in [5.41, 5.74) is 2.71. The molecule has 0 fully saturated rings. The summed E-state index contributed by atoms with van der Waals surface area (Å²) in [6.45, 7) is 3.15. The van der Waals surface area contributed by atoms with Gasteiger partial charge >= 0.3 is 0 Å². The quantitative estimate of drug-likeness (QED) is 0.396. The largest absolute Gasteiger partial charge is 0.490 e. The maximum Gasteiger partial charge on any atom is 0.161 e. The molecule has 0 aliphatic rings. The van der Waals surface area contributed by atoms with Crippen LogP contribution >= 0.6 is 0 Å². The van der Waals surface area contributed by atoms with Gasteiger partial charge in [-0.2, -0.15) is 0 Å². The molecule has 27 heavy (non-hydrogen) atoms. The van der Waals surface area contributed by atoms with E-state index in [2.05, 4.69) is 12.1 Å². The molecule has 0 atom stereocenters. The van der Waals surface area contributed by atoms with Crippen molar-refractivity contribution in [2.45, 2.75) is 6.92 Å². The number of hydrogen-bond acceptors (Lipinski definition) is 4. The Labute approximate surface area is 159 Å². The molecule has 0 aromatic heterocycles. The van der Waals surface area contributed by atoms with Crippen LogP contribution in [0.25, 0.3) is 11.1 Å². The van der Waals surface area contributed by atoms with Crippen molar-refractivity contribution in [3.8, 4) is 28.4 Å². The van der Waals surface area contributed by atoms with Crippen LogP contribution in [0.15, 0.2) is 72.8 Å². The SMILES string of the molecule is CCOc1cc(C=O)ccc1OCCOc1ccccc1-c1ccccc1. The summed E-state index contributed by atoms with van der Waals surface area (Å²) in [6, 6.07) is 23.2. The average molecular weight is 362 g/mol. The van der Waals surface area contributed by atoms with Crippen LogP contribution in [0.3, 0.4) is 0 Å². The topological polar surface area (TPSA) is 44.8 Å². The standard InChI is InChI=1S/C23H22O4/c1-2-25-23-16-18(17-24)12-13-22(23)27-15-14-26-21-11-7-6-10-20(21)19-8-4-3-5-9-19/h3-13,16-17H,2,14-15H2,1H3. The van der Waals surface area contributed by atoms with E-state index in [1.165, 1.54) is 0 Å². The number of benzene rings is 3. The summed E-state index contributed by atoms with van der Waals surface area (Å²) < 4.78 is 17.3. The van der Waals surface area contributed by atoms with Crippen molar-refractivity contribution in [3.63, 3.8) is 0 Å². The molecule has 0 saturated carbocycles. The summed E-state index contributed by atoms with van der Waals surface area (Å²) in [4.78, 5) is 10.9. The normalized spacial score (nSPS) is 10.3. The first-order valence-electron chi connectivity index (χ1n) is 8.94. The lowest BCUT2D eigenvalue weighted by atomic mass is 10.1. The molecule has 3 rings (SSSR count). The van der Waals surface area contributed by atoms with Crippen LogP contribution in [-0.2, 0) is 0 Å². The fraction of sp³-hybridized carbons (Fsp3) is 0.174. The highest BCUT2D eigenvalue weighted by atomic mass is 16.5. The lowest BCUT2D eigenvalue weighted by Crippen LogP contribution is -2.10. The molecule has 0 aliphatic heterocycles. The number of aldehydes is 1. The van der Waals surface area contributed by atoms with E-state index >= 15 is 0 Å². The minimum Gasteiger partial charge on any atom is -0.490 e. The number of carbonyl (C=O) groups excluding carboxylic acids is 1. The third-order valence-corrected chi connectivity index (χ3v) is 3.97. The molecule has 0 radical (unpaired) electrons. The smallest absolute Gasteiger partial charge is 0.161 e. The molecule has 0 N–H and O–H groups in total. The molecule has 3 aromatic carbocycles. The van der Waals surface area contributed by atoms with Gasteiger partial charge in [-0.3, -0.25) is 4.79 Å². The predicted octanol–water partition coefficient (Wildman–Crippen LogP) is 5.02. The molecule has 0 unspecified atom stereocenters. The van der Waals surface area contributed by atoms with Gasteiger partial charge in [0.05, 0.1) is 6.61 Å². The minimum atomic E-state index is 0.365. The first kappa shape index (κ1) is 18.5. The number of rotatable bonds is 9. The summed E-state index contributed by atoms with van der Waals surface area (Å²) >= 11 is 0. The molecule has 0 spiro atoms. The van der Waals surface area contributed by atoms with E-state index < -0.39 is 0 Å². The second kappa shape index (κ2) is 9.43. The van der Waals surface area contributed by atoms with Crippen molar-refractivity contribution >= 4 is 6.29 Å². The van der Waals surface area contributed by atoms with E-state index in [1.807, 2.05) is 49.4 Å². The van der Waals surface area contributed by atoms with E-state index in [1.54, 1.807) is 18.2 Å². The third kappa shape index (κ3) is 4.88. The Morgan fingerprint density at radius 2 is 1.44 bits per heavy atom. The first-order chi connectivity index (χ1) is 13.3. The number of hydrogen-bond donors (Lipinski definition) is 0. The van der Waals surface area contributed by atoms with Crippen LogP contribution < -0.4 is 14.2 Å². The molecule has 0 saturated heterocycles. The van der Waals surface area contributed by atoms with Gasteiger partial charge in [-0.15, -0.1) is 0 Å². The zero-order valence-electron chi connectivity index (χ0n) is 15.3. The van der Waals surface area contributed by atoms with Crippen molar-refractivity contribution in [1.29, 1.82) is 0 Å². The molecule has 4 heteroatoms. The predicted molar refractivity (Wildman–Crippen MR) is 106 cm³/mol. The monoisotopic (exact) mass is 362 g/mol. The van der Waals surface area contributed by atoms with Gasteiger partial charge in [0.1, 0.15) is 25.2 Å². The van der Waals surface area contributed by atoms with Gasteiger partial charge in [0.25, 0.3) is 0 Å². The molecular weight excluding hydrogens is 340 g/mol. The fourth-order valence-corrected chi connectivity index (χ4v) is 2.74. The second-order valence-electron chi connectivity index (χ2n) is 5.82. The zero-order valence-corrected chi connectivity index (χ0v) is 15.3. The highest BCUT2D eigenvalue weighted by molar-refractivity contribution is 5.76. The van der Waals surface area contributed by atoms with Crippen LogP contribution in [0.2, 0.25) is 0 Å². The van der Waals surface area contributed by atoms with Crippen molar-refractivity contribution < 1.29 is 19.0 Å². The van der Waals surface area contributed by atoms with Crippen LogP contribution in [0.4, 0.5) is 0 Å². The fourth-order valence-electron chi connectivity index (χ4n) is 2.74. The second-order valence-corrected chi connectivity index (χ2v) is 5.82. The van der Waals surface area contributed by atoms with E-state index in [0.29, 0.717) is 36.9 Å². The number of carbonyl (C=O) groups is 1. The van der Waals surface area contributed by atoms with Crippen LogP contribution in [0.1, 0.15) is 17.3 Å². The van der Waals surface area contributed by atoms with E-state index in [4.69, 9.17) is 14.2 Å². The van der Waals surface area contributed by atoms with Crippen molar-refractivity contribution in [2.75, 3.05) is 19.8 Å². The van der Waals surface area contributed by atoms with Gasteiger partial charge < -0.3 is 14.2 Å². The van der Waals surface area contributed by atoms with Crippen molar-refractivity contribution in [3.05, 3.63) is 78.4 Å². The Kier molecular flexibility index (Phi) is 6.47. The molecule has 4 nitrogen and oxygen atoms in total. The van der Waals surface area contributed by atoms with Crippen LogP contribution in [0.5, 0.6) is 17.2 Å². The van der Waals surface area contributed by atoms with E-state index in [9.17, 15) is 4.79 Å². The van der Waals surface area contributed by atoms with Gasteiger partial charge in [-0.1, -0.05) is 48.5 Å². The van der Waals surface area contributed by atoms with E-state index in [0.717, 1.165) is 23.2 Å². The number of ether oxygens (including phenoxy) is 3. The summed E-state index contributed by atoms with van der Waals surface area (Å²) in [5.74, 6) is 1.97. The molecule has 0 bridgehead atoms. The Hall–Kier alpha value is -3.27. The van der Waals surface area contributed by atoms with Crippen LogP contribution in [-0.4, -0.2) is 26.1 Å². The number of para-hydroxylation sites is 1. The Morgan fingerprint density at radius 3 is 2.19 bits per heavy atom. The van der Waals surface area contributed by atoms with Gasteiger partial charge in [-0.05, 0) is 36.8 Å².